The van der Waals surface area contributed by atoms with Gasteiger partial charge in [0.1, 0.15) is 0 Å². The van der Waals surface area contributed by atoms with Crippen molar-refractivity contribution in [3.05, 3.63) is 88.0 Å². The predicted molar refractivity (Wildman–Crippen MR) is 227 cm³/mol. The van der Waals surface area contributed by atoms with Crippen molar-refractivity contribution >= 4 is 11.4 Å². The molecule has 0 unspecified atom stereocenters. The van der Waals surface area contributed by atoms with E-state index in [1.165, 1.54) is 148 Å². The molecule has 0 N–H and O–H groups in total. The van der Waals surface area contributed by atoms with Gasteiger partial charge < -0.3 is 5.53 Å². The van der Waals surface area contributed by atoms with Crippen LogP contribution in [0.15, 0.2) is 60.2 Å². The van der Waals surface area contributed by atoms with E-state index in [4.69, 9.17) is 0 Å². The Kier molecular flexibility index (Phi) is 32.3. The first-order valence-corrected chi connectivity index (χ1v) is 22.8. The zero-order valence-electron chi connectivity index (χ0n) is 34.3. The Morgan fingerprint density at radius 2 is 1.15 bits per heavy atom. The van der Waals surface area contributed by atoms with E-state index in [-0.39, 0.29) is 0 Å². The van der Waals surface area contributed by atoms with Crippen molar-refractivity contribution in [1.29, 1.82) is 0 Å². The zero-order chi connectivity index (χ0) is 37.7. The molecule has 2 aromatic carbocycles. The summed E-state index contributed by atoms with van der Waals surface area (Å²) in [7, 11) is 0. The van der Waals surface area contributed by atoms with Crippen LogP contribution in [0.4, 0.5) is 0 Å². The van der Waals surface area contributed by atoms with Crippen LogP contribution in [0.2, 0.25) is 10.8 Å². The number of unbranched alkanes of at least 4 members (excludes halogenated alkanes) is 15. The van der Waals surface area contributed by atoms with E-state index in [2.05, 4.69) is 112 Å². The molecule has 0 aliphatic heterocycles. The zero-order valence-corrected chi connectivity index (χ0v) is 35.3. The van der Waals surface area contributed by atoms with Gasteiger partial charge in [0.15, 0.2) is 0 Å². The molecule has 3 heteroatoms. The fourth-order valence-corrected chi connectivity index (χ4v) is 7.50. The Bertz CT molecular complexity index is 1310. The van der Waals surface area contributed by atoms with Crippen molar-refractivity contribution in [1.82, 2.24) is 0 Å². The van der Waals surface area contributed by atoms with Crippen LogP contribution in [0.1, 0.15) is 198 Å². The first-order valence-electron chi connectivity index (χ1n) is 21.4. The van der Waals surface area contributed by atoms with Gasteiger partial charge in [-0.25, -0.2) is 0 Å². The third-order valence-electron chi connectivity index (χ3n) is 9.39. The number of benzene rings is 2. The average molecular weight is 752 g/mol. The molecule has 0 fully saturated rings. The summed E-state index contributed by atoms with van der Waals surface area (Å²) in [4.78, 5) is 3.34. The first-order chi connectivity index (χ1) is 25.6. The third kappa shape index (κ3) is 24.6. The second-order valence-electron chi connectivity index (χ2n) is 14.2. The molecule has 0 radical (unpaired) electrons. The van der Waals surface area contributed by atoms with Crippen molar-refractivity contribution in [2.75, 3.05) is 0 Å². The van der Waals surface area contributed by atoms with Crippen molar-refractivity contribution in [2.45, 2.75) is 200 Å². The topological polar surface area (TPSA) is 36.4 Å². The van der Waals surface area contributed by atoms with Gasteiger partial charge >= 0.3 is 70.6 Å². The summed E-state index contributed by atoms with van der Waals surface area (Å²) in [6.07, 6.45) is 31.4. The van der Waals surface area contributed by atoms with Crippen molar-refractivity contribution in [3.63, 3.8) is 0 Å². The van der Waals surface area contributed by atoms with Gasteiger partial charge in [-0.1, -0.05) is 140 Å². The summed E-state index contributed by atoms with van der Waals surface area (Å²) in [6.45, 7) is 11.3. The van der Waals surface area contributed by atoms with Crippen molar-refractivity contribution < 1.29 is 19.2 Å². The van der Waals surface area contributed by atoms with E-state index in [0.29, 0.717) is 0 Å². The Balaban J connectivity index is 0.00000132. The molecule has 0 saturated carbocycles. The second kappa shape index (κ2) is 35.4. The van der Waals surface area contributed by atoms with E-state index in [1.54, 1.807) is 0 Å². The Morgan fingerprint density at radius 3 is 1.79 bits per heavy atom. The number of aryl methyl sites for hydroxylation is 2. The van der Waals surface area contributed by atoms with Gasteiger partial charge in [0.2, 0.25) is 0 Å². The first kappa shape index (κ1) is 47.4. The number of nitrogens with zero attached hydrogens (tertiary/aromatic N) is 2. The SMILES string of the molecule is CCCCCCCC#CCCCc1ccccc1C(=CC(=C=[N+]=[N-])CCCCCCCC)c1ccc(CCCCC)cc1.CCC[CH2][Ni][CH2]CCC. The minimum absolute atomic E-state index is 0.866. The van der Waals surface area contributed by atoms with Crippen LogP contribution in [-0.4, -0.2) is 10.7 Å². The molecule has 0 heterocycles. The van der Waals surface area contributed by atoms with Crippen LogP contribution < -0.4 is 0 Å². The molecule has 292 valence electrons. The van der Waals surface area contributed by atoms with Crippen molar-refractivity contribution in [3.8, 4) is 11.8 Å². The van der Waals surface area contributed by atoms with Gasteiger partial charge in [-0.3, -0.25) is 0 Å². The van der Waals surface area contributed by atoms with Gasteiger partial charge in [-0.15, -0.1) is 16.6 Å². The normalized spacial score (nSPS) is 10.9. The molecule has 0 bridgehead atoms. The fourth-order valence-electron chi connectivity index (χ4n) is 6.06. The van der Waals surface area contributed by atoms with E-state index < -0.39 is 0 Å². The molecule has 2 rings (SSSR count). The Morgan fingerprint density at radius 1 is 0.596 bits per heavy atom. The van der Waals surface area contributed by atoms with E-state index in [0.717, 1.165) is 50.5 Å². The quantitative estimate of drug-likeness (QED) is 0.0158. The molecular weight excluding hydrogens is 675 g/mol. The third-order valence-corrected chi connectivity index (χ3v) is 10.8. The number of hydrogen-bond donors (Lipinski definition) is 0. The molecule has 0 amide bonds. The van der Waals surface area contributed by atoms with Crippen LogP contribution in [0.25, 0.3) is 11.1 Å². The molecule has 0 aromatic heterocycles. The molecule has 0 aliphatic carbocycles. The van der Waals surface area contributed by atoms with Gasteiger partial charge in [0.25, 0.3) is 0 Å². The van der Waals surface area contributed by atoms with Crippen LogP contribution in [0, 0.1) is 11.8 Å². The molecular formula is C49H76N2Ni. The monoisotopic (exact) mass is 751 g/mol. The molecule has 2 nitrogen and oxygen atoms in total. The molecule has 52 heavy (non-hydrogen) atoms. The molecule has 0 saturated heterocycles. The summed E-state index contributed by atoms with van der Waals surface area (Å²) in [5.74, 6) is 9.74. The molecule has 0 spiro atoms. The van der Waals surface area contributed by atoms with Crippen LogP contribution in [0.3, 0.4) is 0 Å². The predicted octanol–water partition coefficient (Wildman–Crippen LogP) is 15.6. The standard InChI is InChI=1S/C41H58N2.2C4H9.Ni/c1-4-7-10-12-14-15-16-17-19-22-27-38-28-23-24-29-40(38)41(39-32-30-36(31-33-39)25-20-9-6-3)34-37(35-43-42)26-21-18-13-11-8-5-2;2*1-3-4-2;/h23-24,28-34H,4-15,18-22,25-27H2,1-3H3;2*1,3-4H2,2H3;. The summed E-state index contributed by atoms with van der Waals surface area (Å²) in [6, 6.07) is 17.9. The maximum absolute atomic E-state index is 9.47. The van der Waals surface area contributed by atoms with Gasteiger partial charge in [0, 0.05) is 12.8 Å². The average Bonchev–Trinajstić information content (AvgIpc) is 3.17. The Hall–Kier alpha value is -2.61. The van der Waals surface area contributed by atoms with E-state index in [1.807, 2.05) is 14.4 Å². The van der Waals surface area contributed by atoms with Gasteiger partial charge in [-0.2, -0.15) is 0 Å². The second-order valence-corrected chi connectivity index (χ2v) is 15.7. The van der Waals surface area contributed by atoms with E-state index >= 15 is 0 Å². The Labute approximate surface area is 328 Å². The van der Waals surface area contributed by atoms with E-state index in [9.17, 15) is 5.53 Å². The van der Waals surface area contributed by atoms with Gasteiger partial charge in [0.05, 0.1) is 5.57 Å². The van der Waals surface area contributed by atoms with Crippen molar-refractivity contribution in [2.24, 2.45) is 0 Å². The van der Waals surface area contributed by atoms with Crippen LogP contribution in [-0.2, 0) is 27.3 Å². The summed E-state index contributed by atoms with van der Waals surface area (Å²) >= 11 is 1.94. The number of rotatable bonds is 28. The summed E-state index contributed by atoms with van der Waals surface area (Å²) in [5, 5.41) is 2.78. The maximum atomic E-state index is 9.47. The summed E-state index contributed by atoms with van der Waals surface area (Å²) < 4.78 is 0. The molecule has 2 aromatic rings. The minimum atomic E-state index is 0.866. The van der Waals surface area contributed by atoms with Crippen LogP contribution in [0.5, 0.6) is 0 Å². The molecule has 0 atom stereocenters. The summed E-state index contributed by atoms with van der Waals surface area (Å²) in [5.41, 5.74) is 16.8. The number of hydrogen-bond acceptors (Lipinski definition) is 0. The fraction of sp³-hybridized carbons (Fsp3) is 0.633. The van der Waals surface area contributed by atoms with Gasteiger partial charge in [-0.05, 0) is 78.8 Å². The number of allylic oxidation sites excluding steroid dienone is 2. The van der Waals surface area contributed by atoms with Crippen LogP contribution >= 0.6 is 0 Å². The molecule has 0 aliphatic rings.